The van der Waals surface area contributed by atoms with Gasteiger partial charge in [-0.25, -0.2) is 9.48 Å². The third kappa shape index (κ3) is 4.11. The Bertz CT molecular complexity index is 811. The van der Waals surface area contributed by atoms with E-state index in [9.17, 15) is 19.2 Å². The number of carbonyl (C=O) groups is 4. The number of rotatable bonds is 7. The van der Waals surface area contributed by atoms with Crippen LogP contribution in [0.2, 0.25) is 0 Å². The highest BCUT2D eigenvalue weighted by Crippen LogP contribution is 2.39. The first-order chi connectivity index (χ1) is 14.3. The zero-order chi connectivity index (χ0) is 22.0. The van der Waals surface area contributed by atoms with Crippen LogP contribution in [-0.2, 0) is 23.9 Å². The number of esters is 1. The van der Waals surface area contributed by atoms with Gasteiger partial charge in [0.2, 0.25) is 11.8 Å². The Kier molecular flexibility index (Phi) is 6.58. The maximum absolute atomic E-state index is 12.7. The molecule has 2 aliphatic rings. The second-order valence-corrected chi connectivity index (χ2v) is 8.21. The first-order valence-electron chi connectivity index (χ1n) is 10.7. The Morgan fingerprint density at radius 2 is 1.77 bits per heavy atom. The van der Waals surface area contributed by atoms with Crippen molar-refractivity contribution in [2.75, 3.05) is 5.32 Å². The Morgan fingerprint density at radius 3 is 2.33 bits per heavy atom. The Labute approximate surface area is 176 Å². The van der Waals surface area contributed by atoms with Gasteiger partial charge in [0, 0.05) is 6.07 Å². The quantitative estimate of drug-likeness (QED) is 0.537. The van der Waals surface area contributed by atoms with Crippen LogP contribution in [0.3, 0.4) is 0 Å². The minimum Gasteiger partial charge on any atom is -0.451 e. The number of nitrogens with zero attached hydrogens (tertiary/aromatic N) is 3. The second-order valence-electron chi connectivity index (χ2n) is 8.21. The molecule has 2 heterocycles. The smallest absolute Gasteiger partial charge is 0.329 e. The number of aromatic nitrogens is 2. The standard InChI is InChI=1S/C21H30N4O5/c1-5-12(2)25-17(10-11-22-25)23-18(26)14(4)30-21(29)13(3)24-19(27)15-8-6-7-9-16(15)20(24)28/h10-16H,5-9H2,1-4H3,(H,23,26)/t12-,13-,14-,15-,16+/m0/s1. The number of carbonyl (C=O) groups excluding carboxylic acids is 4. The number of likely N-dealkylation sites (tertiary alicyclic amines) is 1. The first kappa shape index (κ1) is 22.0. The van der Waals surface area contributed by atoms with E-state index in [1.165, 1.54) is 13.8 Å². The van der Waals surface area contributed by atoms with Gasteiger partial charge in [-0.3, -0.25) is 19.3 Å². The molecule has 0 bridgehead atoms. The maximum Gasteiger partial charge on any atom is 0.329 e. The predicted octanol–water partition coefficient (Wildman–Crippen LogP) is 2.29. The summed E-state index contributed by atoms with van der Waals surface area (Å²) in [5.41, 5.74) is 0. The SMILES string of the molecule is CC[C@H](C)n1nccc1NC(=O)[C@H](C)OC(=O)[C@H](C)N1C(=O)[C@H]2CCCC[C@H]2C1=O. The number of nitrogens with one attached hydrogen (secondary N) is 1. The van der Waals surface area contributed by atoms with E-state index in [-0.39, 0.29) is 29.7 Å². The zero-order valence-corrected chi connectivity index (χ0v) is 18.0. The minimum atomic E-state index is -1.09. The number of imide groups is 1. The summed E-state index contributed by atoms with van der Waals surface area (Å²) in [6.45, 7) is 6.92. The molecule has 0 spiro atoms. The molecule has 9 nitrogen and oxygen atoms in total. The topological polar surface area (TPSA) is 111 Å². The molecule has 1 aromatic heterocycles. The van der Waals surface area contributed by atoms with Gasteiger partial charge in [-0.05, 0) is 40.0 Å². The van der Waals surface area contributed by atoms with Crippen molar-refractivity contribution in [1.82, 2.24) is 14.7 Å². The fourth-order valence-corrected chi connectivity index (χ4v) is 4.17. The van der Waals surface area contributed by atoms with Crippen molar-refractivity contribution in [3.05, 3.63) is 12.3 Å². The van der Waals surface area contributed by atoms with Gasteiger partial charge >= 0.3 is 5.97 Å². The fraction of sp³-hybridized carbons (Fsp3) is 0.667. The van der Waals surface area contributed by atoms with Gasteiger partial charge in [0.15, 0.2) is 6.10 Å². The van der Waals surface area contributed by atoms with Crippen LogP contribution in [0.25, 0.3) is 0 Å². The van der Waals surface area contributed by atoms with E-state index in [1.54, 1.807) is 16.9 Å². The van der Waals surface area contributed by atoms with Gasteiger partial charge in [-0.15, -0.1) is 0 Å². The van der Waals surface area contributed by atoms with E-state index >= 15 is 0 Å². The number of fused-ring (bicyclic) bond motifs is 1. The molecule has 1 saturated carbocycles. The summed E-state index contributed by atoms with van der Waals surface area (Å²) in [4.78, 5) is 51.5. The summed E-state index contributed by atoms with van der Waals surface area (Å²) in [5, 5.41) is 6.92. The molecular weight excluding hydrogens is 388 g/mol. The van der Waals surface area contributed by atoms with E-state index < -0.39 is 24.0 Å². The van der Waals surface area contributed by atoms with Crippen LogP contribution in [-0.4, -0.2) is 50.5 Å². The molecule has 30 heavy (non-hydrogen) atoms. The average molecular weight is 418 g/mol. The third-order valence-corrected chi connectivity index (χ3v) is 6.20. The van der Waals surface area contributed by atoms with E-state index in [1.807, 2.05) is 13.8 Å². The van der Waals surface area contributed by atoms with Crippen molar-refractivity contribution in [3.63, 3.8) is 0 Å². The number of hydrogen-bond acceptors (Lipinski definition) is 6. The van der Waals surface area contributed by atoms with Crippen molar-refractivity contribution in [2.45, 2.75) is 78.0 Å². The zero-order valence-electron chi connectivity index (χ0n) is 18.0. The van der Waals surface area contributed by atoms with Crippen molar-refractivity contribution in [2.24, 2.45) is 11.8 Å². The molecule has 5 atom stereocenters. The van der Waals surface area contributed by atoms with Gasteiger partial charge in [-0.1, -0.05) is 19.8 Å². The Balaban J connectivity index is 1.61. The molecule has 9 heteroatoms. The summed E-state index contributed by atoms with van der Waals surface area (Å²) in [7, 11) is 0. The normalized spacial score (nSPS) is 24.2. The molecule has 1 N–H and O–H groups in total. The van der Waals surface area contributed by atoms with Gasteiger partial charge < -0.3 is 10.1 Å². The summed E-state index contributed by atoms with van der Waals surface area (Å²) in [6.07, 6.45) is 4.52. The van der Waals surface area contributed by atoms with Gasteiger partial charge in [-0.2, -0.15) is 5.10 Å². The van der Waals surface area contributed by atoms with Crippen LogP contribution in [0.5, 0.6) is 0 Å². The fourth-order valence-electron chi connectivity index (χ4n) is 4.17. The van der Waals surface area contributed by atoms with E-state index in [0.29, 0.717) is 18.7 Å². The molecule has 2 fully saturated rings. The number of amides is 3. The largest absolute Gasteiger partial charge is 0.451 e. The lowest BCUT2D eigenvalue weighted by molar-refractivity contribution is -0.163. The van der Waals surface area contributed by atoms with Crippen molar-refractivity contribution >= 4 is 29.5 Å². The summed E-state index contributed by atoms with van der Waals surface area (Å²) in [5.74, 6) is -2.03. The lowest BCUT2D eigenvalue weighted by Crippen LogP contribution is -2.46. The lowest BCUT2D eigenvalue weighted by Gasteiger charge is -2.23. The Morgan fingerprint density at radius 1 is 1.17 bits per heavy atom. The van der Waals surface area contributed by atoms with Crippen LogP contribution < -0.4 is 5.32 Å². The van der Waals surface area contributed by atoms with E-state index in [2.05, 4.69) is 10.4 Å². The van der Waals surface area contributed by atoms with Crippen molar-refractivity contribution in [3.8, 4) is 0 Å². The molecular formula is C21H30N4O5. The number of hydrogen-bond donors (Lipinski definition) is 1. The molecule has 0 unspecified atom stereocenters. The molecule has 3 rings (SSSR count). The number of ether oxygens (including phenoxy) is 1. The van der Waals surface area contributed by atoms with Crippen LogP contribution >= 0.6 is 0 Å². The maximum atomic E-state index is 12.7. The highest BCUT2D eigenvalue weighted by molar-refractivity contribution is 6.08. The van der Waals surface area contributed by atoms with E-state index in [0.717, 1.165) is 24.2 Å². The predicted molar refractivity (Wildman–Crippen MR) is 108 cm³/mol. The van der Waals surface area contributed by atoms with Crippen LogP contribution in [0.15, 0.2) is 12.3 Å². The van der Waals surface area contributed by atoms with Crippen LogP contribution in [0.1, 0.15) is 65.8 Å². The molecule has 0 aromatic carbocycles. The minimum absolute atomic E-state index is 0.101. The monoisotopic (exact) mass is 418 g/mol. The number of anilines is 1. The molecule has 1 aliphatic heterocycles. The summed E-state index contributed by atoms with van der Waals surface area (Å²) in [6, 6.07) is 0.713. The van der Waals surface area contributed by atoms with Gasteiger partial charge in [0.1, 0.15) is 11.9 Å². The Hall–Kier alpha value is -2.71. The molecule has 164 valence electrons. The van der Waals surface area contributed by atoms with Crippen LogP contribution in [0.4, 0.5) is 5.82 Å². The van der Waals surface area contributed by atoms with Crippen molar-refractivity contribution in [1.29, 1.82) is 0 Å². The molecule has 1 aliphatic carbocycles. The molecule has 1 aromatic rings. The first-order valence-corrected chi connectivity index (χ1v) is 10.7. The highest BCUT2D eigenvalue weighted by Gasteiger charge is 2.51. The summed E-state index contributed by atoms with van der Waals surface area (Å²) >= 11 is 0. The van der Waals surface area contributed by atoms with Gasteiger partial charge in [0.25, 0.3) is 5.91 Å². The average Bonchev–Trinajstić information content (AvgIpc) is 3.29. The van der Waals surface area contributed by atoms with Gasteiger partial charge in [0.05, 0.1) is 24.1 Å². The summed E-state index contributed by atoms with van der Waals surface area (Å²) < 4.78 is 6.98. The molecule has 0 radical (unpaired) electrons. The third-order valence-electron chi connectivity index (χ3n) is 6.20. The lowest BCUT2D eigenvalue weighted by atomic mass is 9.81. The van der Waals surface area contributed by atoms with Crippen molar-refractivity contribution < 1.29 is 23.9 Å². The highest BCUT2D eigenvalue weighted by atomic mass is 16.5. The molecule has 3 amide bonds. The van der Waals surface area contributed by atoms with E-state index in [4.69, 9.17) is 4.74 Å². The second kappa shape index (κ2) is 8.97. The molecule has 1 saturated heterocycles. The van der Waals surface area contributed by atoms with Crippen LogP contribution in [0, 0.1) is 11.8 Å².